The summed E-state index contributed by atoms with van der Waals surface area (Å²) in [6, 6.07) is 7.25. The van der Waals surface area contributed by atoms with Crippen LogP contribution in [0.15, 0.2) is 24.3 Å². The second-order valence-corrected chi connectivity index (χ2v) is 5.91. The van der Waals surface area contributed by atoms with Gasteiger partial charge in [-0.05, 0) is 45.0 Å². The number of ether oxygens (including phenoxy) is 1. The summed E-state index contributed by atoms with van der Waals surface area (Å²) in [5.41, 5.74) is 6.36. The van der Waals surface area contributed by atoms with Crippen LogP contribution >= 0.6 is 0 Å². The van der Waals surface area contributed by atoms with E-state index in [-0.39, 0.29) is 12.5 Å². The van der Waals surface area contributed by atoms with Crippen LogP contribution < -0.4 is 10.5 Å². The molecular weight excluding hydrogens is 266 g/mol. The van der Waals surface area contributed by atoms with Gasteiger partial charge in [0, 0.05) is 19.6 Å². The smallest absolute Gasteiger partial charge is 0.260 e. The summed E-state index contributed by atoms with van der Waals surface area (Å²) >= 11 is 0. The number of hydrogen-bond donors (Lipinski definition) is 1. The number of carbonyl (C=O) groups is 1. The third kappa shape index (κ3) is 4.63. The van der Waals surface area contributed by atoms with E-state index in [0.29, 0.717) is 17.4 Å². The van der Waals surface area contributed by atoms with Crippen LogP contribution in [-0.4, -0.2) is 56.0 Å². The molecule has 1 saturated heterocycles. The zero-order chi connectivity index (χ0) is 15.2. The van der Waals surface area contributed by atoms with Gasteiger partial charge < -0.3 is 20.3 Å². The number of carbonyl (C=O) groups excluding carboxylic acids is 1. The lowest BCUT2D eigenvalue weighted by Gasteiger charge is -2.33. The van der Waals surface area contributed by atoms with Crippen molar-refractivity contribution in [3.05, 3.63) is 24.3 Å². The quantitative estimate of drug-likeness (QED) is 0.834. The Bertz CT molecular complexity index is 468. The molecule has 21 heavy (non-hydrogen) atoms. The van der Waals surface area contributed by atoms with Crippen LogP contribution in [0.25, 0.3) is 0 Å². The molecule has 5 nitrogen and oxygen atoms in total. The van der Waals surface area contributed by atoms with E-state index < -0.39 is 0 Å². The maximum Gasteiger partial charge on any atom is 0.260 e. The standard InChI is InChI=1S/C16H25N3O2/c1-18(2)11-13-7-9-19(10-8-13)16(20)12-21-15-6-4-3-5-14(15)17/h3-6,13H,7-12,17H2,1-2H3. The van der Waals surface area contributed by atoms with Crippen LogP contribution in [0.3, 0.4) is 0 Å². The highest BCUT2D eigenvalue weighted by atomic mass is 16.5. The number of para-hydroxylation sites is 2. The zero-order valence-corrected chi connectivity index (χ0v) is 12.9. The third-order valence-electron chi connectivity index (χ3n) is 3.86. The second kappa shape index (κ2) is 7.31. The predicted molar refractivity (Wildman–Crippen MR) is 84.2 cm³/mol. The van der Waals surface area contributed by atoms with Gasteiger partial charge >= 0.3 is 0 Å². The first-order valence-corrected chi connectivity index (χ1v) is 7.46. The summed E-state index contributed by atoms with van der Waals surface area (Å²) < 4.78 is 5.52. The molecule has 0 spiro atoms. The molecule has 0 saturated carbocycles. The summed E-state index contributed by atoms with van der Waals surface area (Å²) in [5.74, 6) is 1.31. The van der Waals surface area contributed by atoms with Gasteiger partial charge in [0.05, 0.1) is 5.69 Å². The van der Waals surface area contributed by atoms with Crippen molar-refractivity contribution in [2.45, 2.75) is 12.8 Å². The molecule has 0 aliphatic carbocycles. The lowest BCUT2D eigenvalue weighted by molar-refractivity contribution is -0.134. The van der Waals surface area contributed by atoms with Gasteiger partial charge in [0.25, 0.3) is 5.91 Å². The predicted octanol–water partition coefficient (Wildman–Crippen LogP) is 1.45. The fraction of sp³-hybridized carbons (Fsp3) is 0.562. The van der Waals surface area contributed by atoms with E-state index in [1.165, 1.54) is 0 Å². The number of amides is 1. The first-order chi connectivity index (χ1) is 10.1. The number of benzene rings is 1. The molecule has 1 amide bonds. The number of nitrogens with two attached hydrogens (primary N) is 1. The molecule has 0 radical (unpaired) electrons. The van der Waals surface area contributed by atoms with Crippen LogP contribution in [0.1, 0.15) is 12.8 Å². The lowest BCUT2D eigenvalue weighted by atomic mass is 9.96. The average Bonchev–Trinajstić information content (AvgIpc) is 2.46. The van der Waals surface area contributed by atoms with Crippen LogP contribution in [-0.2, 0) is 4.79 Å². The Kier molecular flexibility index (Phi) is 5.44. The van der Waals surface area contributed by atoms with Gasteiger partial charge in [0.1, 0.15) is 5.75 Å². The van der Waals surface area contributed by atoms with E-state index in [1.807, 2.05) is 17.0 Å². The molecule has 0 bridgehead atoms. The number of rotatable bonds is 5. The normalized spacial score (nSPS) is 16.2. The maximum absolute atomic E-state index is 12.2. The lowest BCUT2D eigenvalue weighted by Crippen LogP contribution is -2.42. The largest absolute Gasteiger partial charge is 0.482 e. The van der Waals surface area contributed by atoms with Gasteiger partial charge in [-0.15, -0.1) is 0 Å². The summed E-state index contributed by atoms with van der Waals surface area (Å²) in [4.78, 5) is 16.3. The van der Waals surface area contributed by atoms with Crippen LogP contribution in [0, 0.1) is 5.92 Å². The topological polar surface area (TPSA) is 58.8 Å². The SMILES string of the molecule is CN(C)CC1CCN(C(=O)COc2ccccc2N)CC1. The van der Waals surface area contributed by atoms with E-state index in [4.69, 9.17) is 10.5 Å². The number of nitrogen functional groups attached to an aromatic ring is 1. The first-order valence-electron chi connectivity index (χ1n) is 7.46. The van der Waals surface area contributed by atoms with Crippen molar-refractivity contribution in [1.82, 2.24) is 9.80 Å². The number of likely N-dealkylation sites (tertiary alicyclic amines) is 1. The highest BCUT2D eigenvalue weighted by Crippen LogP contribution is 2.21. The minimum Gasteiger partial charge on any atom is -0.482 e. The minimum atomic E-state index is 0.0431. The van der Waals surface area contributed by atoms with E-state index in [1.54, 1.807) is 12.1 Å². The number of piperidine rings is 1. The van der Waals surface area contributed by atoms with Crippen molar-refractivity contribution < 1.29 is 9.53 Å². The highest BCUT2D eigenvalue weighted by molar-refractivity contribution is 5.78. The number of anilines is 1. The van der Waals surface area contributed by atoms with Crippen molar-refractivity contribution in [2.75, 3.05) is 46.1 Å². The molecule has 1 aliphatic heterocycles. The van der Waals surface area contributed by atoms with Gasteiger partial charge in [0.2, 0.25) is 0 Å². The first kappa shape index (κ1) is 15.6. The molecule has 1 aliphatic rings. The van der Waals surface area contributed by atoms with Gasteiger partial charge in [0.15, 0.2) is 6.61 Å². The molecule has 0 unspecified atom stereocenters. The third-order valence-corrected chi connectivity index (χ3v) is 3.86. The van der Waals surface area contributed by atoms with E-state index in [9.17, 15) is 4.79 Å². The van der Waals surface area contributed by atoms with Crippen molar-refractivity contribution >= 4 is 11.6 Å². The molecule has 1 fully saturated rings. The zero-order valence-electron chi connectivity index (χ0n) is 12.9. The summed E-state index contributed by atoms with van der Waals surface area (Å²) in [6.07, 6.45) is 2.13. The molecule has 2 rings (SSSR count). The summed E-state index contributed by atoms with van der Waals surface area (Å²) in [6.45, 7) is 2.81. The Balaban J connectivity index is 1.76. The van der Waals surface area contributed by atoms with Gasteiger partial charge in [-0.3, -0.25) is 4.79 Å². The minimum absolute atomic E-state index is 0.0431. The molecule has 1 heterocycles. The van der Waals surface area contributed by atoms with Gasteiger partial charge in [-0.1, -0.05) is 12.1 Å². The Morgan fingerprint density at radius 2 is 2.00 bits per heavy atom. The average molecular weight is 291 g/mol. The molecule has 0 atom stereocenters. The Hall–Kier alpha value is -1.75. The molecule has 5 heteroatoms. The summed E-state index contributed by atoms with van der Waals surface area (Å²) in [7, 11) is 4.19. The van der Waals surface area contributed by atoms with Gasteiger partial charge in [-0.25, -0.2) is 0 Å². The fourth-order valence-corrected chi connectivity index (χ4v) is 2.72. The van der Waals surface area contributed by atoms with Crippen molar-refractivity contribution in [3.8, 4) is 5.75 Å². The molecule has 0 aromatic heterocycles. The molecular formula is C16H25N3O2. The molecule has 1 aromatic carbocycles. The van der Waals surface area contributed by atoms with E-state index in [2.05, 4.69) is 19.0 Å². The van der Waals surface area contributed by atoms with E-state index in [0.717, 1.165) is 32.5 Å². The summed E-state index contributed by atoms with van der Waals surface area (Å²) in [5, 5.41) is 0. The Morgan fingerprint density at radius 1 is 1.33 bits per heavy atom. The van der Waals surface area contributed by atoms with E-state index >= 15 is 0 Å². The van der Waals surface area contributed by atoms with Crippen LogP contribution in [0.5, 0.6) is 5.75 Å². The van der Waals surface area contributed by atoms with Crippen LogP contribution in [0.4, 0.5) is 5.69 Å². The fourth-order valence-electron chi connectivity index (χ4n) is 2.72. The van der Waals surface area contributed by atoms with Crippen molar-refractivity contribution in [2.24, 2.45) is 5.92 Å². The second-order valence-electron chi connectivity index (χ2n) is 5.91. The Labute approximate surface area is 126 Å². The highest BCUT2D eigenvalue weighted by Gasteiger charge is 2.23. The maximum atomic E-state index is 12.2. The molecule has 1 aromatic rings. The molecule has 116 valence electrons. The number of nitrogens with zero attached hydrogens (tertiary/aromatic N) is 2. The number of hydrogen-bond acceptors (Lipinski definition) is 4. The molecule has 2 N–H and O–H groups in total. The van der Waals surface area contributed by atoms with Crippen molar-refractivity contribution in [1.29, 1.82) is 0 Å². The Morgan fingerprint density at radius 3 is 2.62 bits per heavy atom. The van der Waals surface area contributed by atoms with Crippen LogP contribution in [0.2, 0.25) is 0 Å². The van der Waals surface area contributed by atoms with Gasteiger partial charge in [-0.2, -0.15) is 0 Å². The van der Waals surface area contributed by atoms with Crippen molar-refractivity contribution in [3.63, 3.8) is 0 Å². The monoisotopic (exact) mass is 291 g/mol.